The molecule has 0 aliphatic heterocycles. The van der Waals surface area contributed by atoms with Gasteiger partial charge in [-0.05, 0) is 60.7 Å². The highest BCUT2D eigenvalue weighted by Crippen LogP contribution is 2.35. The van der Waals surface area contributed by atoms with Crippen LogP contribution >= 0.6 is 0 Å². The molecule has 0 saturated heterocycles. The van der Waals surface area contributed by atoms with Gasteiger partial charge in [-0.3, -0.25) is 0 Å². The summed E-state index contributed by atoms with van der Waals surface area (Å²) in [6.45, 7) is 3.12. The Morgan fingerprint density at radius 3 is 0.962 bits per heavy atom. The van der Waals surface area contributed by atoms with Crippen molar-refractivity contribution in [2.24, 2.45) is 5.92 Å². The molecule has 0 aliphatic carbocycles. The van der Waals surface area contributed by atoms with Gasteiger partial charge in [-0.15, -0.1) is 0 Å². The van der Waals surface area contributed by atoms with Crippen LogP contribution in [0.3, 0.4) is 0 Å². The van der Waals surface area contributed by atoms with E-state index in [9.17, 15) is 10.2 Å². The lowest BCUT2D eigenvalue weighted by Crippen LogP contribution is -2.41. The molecule has 2 N–H and O–H groups in total. The van der Waals surface area contributed by atoms with Crippen molar-refractivity contribution in [3.05, 3.63) is 218 Å². The fraction of sp³-hybridized carbons (Fsp3) is 0.206. The Hall–Kier alpha value is -8.38. The maximum absolute atomic E-state index is 12.3. The SMILES string of the molecule is COc1ccccc1N(CC(O)COC(Cn1c2ccccc2c2ccccc21)Cn1c2ccccc2c2ccccc21)CC(CO)COC(Cn1c2ccccc2c2ccccc21)Cn1c2ccccc2c2ccccc21. The van der Waals surface area contributed by atoms with E-state index in [4.69, 9.17) is 14.2 Å². The number of aromatic nitrogens is 4. The summed E-state index contributed by atoms with van der Waals surface area (Å²) >= 11 is 0. The van der Waals surface area contributed by atoms with Gasteiger partial charge in [0, 0.05) is 113 Å². The van der Waals surface area contributed by atoms with Gasteiger partial charge in [0.05, 0.1) is 70.5 Å². The first kappa shape index (κ1) is 49.2. The molecule has 10 nitrogen and oxygen atoms in total. The topological polar surface area (TPSA) is 91.1 Å². The number of hydrogen-bond donors (Lipinski definition) is 2. The highest BCUT2D eigenvalue weighted by molar-refractivity contribution is 6.10. The number of methoxy groups -OCH3 is 1. The van der Waals surface area contributed by atoms with Crippen LogP contribution in [0.15, 0.2) is 218 Å². The van der Waals surface area contributed by atoms with Gasteiger partial charge in [0.1, 0.15) is 5.75 Å². The zero-order valence-electron chi connectivity index (χ0n) is 43.8. The van der Waals surface area contributed by atoms with Crippen LogP contribution in [0.1, 0.15) is 0 Å². The number of para-hydroxylation sites is 10. The Bertz CT molecular complexity index is 3800. The quantitative estimate of drug-likeness (QED) is 0.0745. The van der Waals surface area contributed by atoms with Gasteiger partial charge in [0.15, 0.2) is 0 Å². The number of nitrogens with zero attached hydrogens (tertiary/aromatic N) is 5. The van der Waals surface area contributed by atoms with E-state index in [1.807, 2.05) is 24.3 Å². The van der Waals surface area contributed by atoms with Crippen LogP contribution in [0.4, 0.5) is 5.69 Å². The van der Waals surface area contributed by atoms with E-state index in [-0.39, 0.29) is 44.5 Å². The van der Waals surface area contributed by atoms with E-state index in [1.54, 1.807) is 7.11 Å². The Balaban J connectivity index is 0.799. The van der Waals surface area contributed by atoms with Crippen LogP contribution in [0, 0.1) is 5.92 Å². The highest BCUT2D eigenvalue weighted by atomic mass is 16.5. The first-order valence-corrected chi connectivity index (χ1v) is 27.3. The van der Waals surface area contributed by atoms with Gasteiger partial charge in [0.25, 0.3) is 0 Å². The number of rotatable bonds is 21. The Morgan fingerprint density at radius 1 is 0.372 bits per heavy atom. The molecule has 2 atom stereocenters. The molecule has 2 unspecified atom stereocenters. The number of anilines is 1. The number of fused-ring (bicyclic) bond motifs is 12. The van der Waals surface area contributed by atoms with Crippen molar-refractivity contribution in [3.8, 4) is 5.75 Å². The second kappa shape index (κ2) is 21.6. The summed E-state index contributed by atoms with van der Waals surface area (Å²) in [4.78, 5) is 2.13. The summed E-state index contributed by atoms with van der Waals surface area (Å²) in [6, 6.07) is 76.6. The monoisotopic (exact) mass is 1030 g/mol. The molecule has 0 aliphatic rings. The van der Waals surface area contributed by atoms with Crippen molar-refractivity contribution in [1.29, 1.82) is 0 Å². The fourth-order valence-corrected chi connectivity index (χ4v) is 12.4. The Morgan fingerprint density at radius 2 is 0.654 bits per heavy atom. The van der Waals surface area contributed by atoms with Gasteiger partial charge < -0.3 is 47.6 Å². The molecule has 0 amide bonds. The minimum atomic E-state index is -0.910. The minimum Gasteiger partial charge on any atom is -0.495 e. The zero-order chi connectivity index (χ0) is 52.5. The van der Waals surface area contributed by atoms with E-state index >= 15 is 0 Å². The lowest BCUT2D eigenvalue weighted by atomic mass is 10.1. The average Bonchev–Trinajstić information content (AvgIpc) is 4.21. The number of ether oxygens (including phenoxy) is 3. The van der Waals surface area contributed by atoms with E-state index in [1.165, 1.54) is 43.1 Å². The summed E-state index contributed by atoms with van der Waals surface area (Å²) in [6.07, 6.45) is -1.54. The molecule has 0 fully saturated rings. The van der Waals surface area contributed by atoms with E-state index in [0.29, 0.717) is 38.5 Å². The molecule has 13 rings (SSSR count). The third-order valence-electron chi connectivity index (χ3n) is 16.0. The lowest BCUT2D eigenvalue weighted by molar-refractivity contribution is -0.0201. The van der Waals surface area contributed by atoms with Crippen molar-refractivity contribution in [2.75, 3.05) is 44.9 Å². The molecule has 0 radical (unpaired) electrons. The highest BCUT2D eigenvalue weighted by Gasteiger charge is 2.26. The van der Waals surface area contributed by atoms with E-state index in [2.05, 4.69) is 217 Å². The van der Waals surface area contributed by atoms with Crippen LogP contribution in [-0.4, -0.2) is 86.8 Å². The van der Waals surface area contributed by atoms with Crippen LogP contribution in [0.2, 0.25) is 0 Å². The number of benzene rings is 9. The molecule has 0 bridgehead atoms. The van der Waals surface area contributed by atoms with Crippen LogP contribution in [-0.2, 0) is 35.7 Å². The molecule has 4 heterocycles. The summed E-state index contributed by atoms with van der Waals surface area (Å²) in [5.74, 6) is 0.342. The summed E-state index contributed by atoms with van der Waals surface area (Å²) in [5.41, 5.74) is 9.99. The van der Waals surface area contributed by atoms with E-state index < -0.39 is 6.10 Å². The Labute approximate surface area is 453 Å². The lowest BCUT2D eigenvalue weighted by Gasteiger charge is -2.33. The van der Waals surface area contributed by atoms with Crippen molar-refractivity contribution in [1.82, 2.24) is 18.3 Å². The third-order valence-corrected chi connectivity index (χ3v) is 16.0. The van der Waals surface area contributed by atoms with E-state index in [0.717, 1.165) is 49.8 Å². The second-order valence-electron chi connectivity index (χ2n) is 20.8. The molecule has 0 spiro atoms. The van der Waals surface area contributed by atoms with Crippen LogP contribution in [0.25, 0.3) is 87.2 Å². The maximum Gasteiger partial charge on any atom is 0.142 e. The van der Waals surface area contributed by atoms with Gasteiger partial charge in [-0.1, -0.05) is 158 Å². The largest absolute Gasteiger partial charge is 0.495 e. The minimum absolute atomic E-state index is 0.0739. The van der Waals surface area contributed by atoms with Gasteiger partial charge in [0.2, 0.25) is 0 Å². The number of aliphatic hydroxyl groups excluding tert-OH is 2. The molecule has 10 heteroatoms. The van der Waals surface area contributed by atoms with Gasteiger partial charge in [-0.25, -0.2) is 0 Å². The van der Waals surface area contributed by atoms with Crippen molar-refractivity contribution < 1.29 is 24.4 Å². The Kier molecular flexibility index (Phi) is 13.6. The average molecular weight is 1030 g/mol. The first-order chi connectivity index (χ1) is 38.5. The summed E-state index contributed by atoms with van der Waals surface area (Å²) in [5, 5.41) is 33.3. The third kappa shape index (κ3) is 9.20. The maximum atomic E-state index is 12.3. The molecular weight excluding hydrogens is 967 g/mol. The fourth-order valence-electron chi connectivity index (χ4n) is 12.4. The van der Waals surface area contributed by atoms with Gasteiger partial charge >= 0.3 is 0 Å². The van der Waals surface area contributed by atoms with Gasteiger partial charge in [-0.2, -0.15) is 0 Å². The zero-order valence-corrected chi connectivity index (χ0v) is 43.8. The summed E-state index contributed by atoms with van der Waals surface area (Å²) in [7, 11) is 1.67. The standard InChI is InChI=1S/C68H63N5O5/c1-76-68-37-19-18-36-67(68)69(39-48(75)46-78-50(42-72-63-32-14-6-24-55(63)56-25-7-15-33-64(56)72)43-73-65-34-16-8-26-57(65)58-27-9-17-35-66(58)73)38-47(44-74)45-77-49(40-70-59-28-10-2-20-51(59)52-21-3-11-29-60(52)70)41-71-61-30-12-4-22-53(61)54-23-5-13-31-62(54)71/h2-37,47-50,74-75H,38-46H2,1H3. The molecule has 4 aromatic heterocycles. The number of aliphatic hydroxyl groups is 2. The molecule has 13 aromatic rings. The molecular formula is C68H63N5O5. The van der Waals surface area contributed by atoms with Crippen molar-refractivity contribution in [2.45, 2.75) is 44.5 Å². The predicted molar refractivity (Wildman–Crippen MR) is 319 cm³/mol. The van der Waals surface area contributed by atoms with Crippen molar-refractivity contribution >= 4 is 92.9 Å². The van der Waals surface area contributed by atoms with Crippen LogP contribution < -0.4 is 9.64 Å². The molecule has 9 aromatic carbocycles. The van der Waals surface area contributed by atoms with Crippen LogP contribution in [0.5, 0.6) is 5.75 Å². The summed E-state index contributed by atoms with van der Waals surface area (Å²) < 4.78 is 29.7. The molecule has 78 heavy (non-hydrogen) atoms. The molecule has 0 saturated carbocycles. The predicted octanol–water partition coefficient (Wildman–Crippen LogP) is 13.5. The molecule has 390 valence electrons. The second-order valence-corrected chi connectivity index (χ2v) is 20.8. The smallest absolute Gasteiger partial charge is 0.142 e. The van der Waals surface area contributed by atoms with Crippen molar-refractivity contribution in [3.63, 3.8) is 0 Å². The normalized spacial score (nSPS) is 13.0. The number of hydrogen-bond acceptors (Lipinski definition) is 6. The first-order valence-electron chi connectivity index (χ1n) is 27.3.